The summed E-state index contributed by atoms with van der Waals surface area (Å²) in [5, 5.41) is 0. The highest BCUT2D eigenvalue weighted by molar-refractivity contribution is 7.84. The fourth-order valence-electron chi connectivity index (χ4n) is 1.49. The van der Waals surface area contributed by atoms with Gasteiger partial charge in [-0.25, -0.2) is 4.39 Å². The minimum atomic E-state index is -1.33. The van der Waals surface area contributed by atoms with E-state index in [9.17, 15) is 8.60 Å². The van der Waals surface area contributed by atoms with Gasteiger partial charge in [0.05, 0.1) is 17.4 Å². The van der Waals surface area contributed by atoms with E-state index in [0.29, 0.717) is 11.5 Å². The van der Waals surface area contributed by atoms with E-state index in [4.69, 9.17) is 4.74 Å². The molecule has 0 aliphatic carbocycles. The van der Waals surface area contributed by atoms with Crippen LogP contribution in [0.25, 0.3) is 0 Å². The van der Waals surface area contributed by atoms with Gasteiger partial charge in [-0.05, 0) is 23.8 Å². The van der Waals surface area contributed by atoms with E-state index in [0.717, 1.165) is 5.56 Å². The van der Waals surface area contributed by atoms with Crippen LogP contribution >= 0.6 is 0 Å². The van der Waals surface area contributed by atoms with E-state index in [-0.39, 0.29) is 11.8 Å². The van der Waals surface area contributed by atoms with Crippen molar-refractivity contribution in [1.29, 1.82) is 0 Å². The van der Waals surface area contributed by atoms with Crippen molar-refractivity contribution in [2.75, 3.05) is 5.94 Å². The molecule has 2 aromatic rings. The van der Waals surface area contributed by atoms with E-state index >= 15 is 0 Å². The summed E-state index contributed by atoms with van der Waals surface area (Å²) in [5.41, 5.74) is 1.02. The van der Waals surface area contributed by atoms with Gasteiger partial charge in [0.15, 0.2) is 0 Å². The molecule has 0 amide bonds. The van der Waals surface area contributed by atoms with Gasteiger partial charge in [-0.15, -0.1) is 0 Å². The summed E-state index contributed by atoms with van der Waals surface area (Å²) in [6.07, 6.45) is 0. The first-order valence-electron chi connectivity index (χ1n) is 5.51. The van der Waals surface area contributed by atoms with E-state index < -0.39 is 10.8 Å². The van der Waals surface area contributed by atoms with Gasteiger partial charge in [0.1, 0.15) is 11.8 Å². The Labute approximate surface area is 108 Å². The Morgan fingerprint density at radius 2 is 1.83 bits per heavy atom. The Morgan fingerprint density at radius 1 is 1.06 bits per heavy atom. The Balaban J connectivity index is 1.86. The van der Waals surface area contributed by atoms with Crippen LogP contribution in [-0.2, 0) is 22.1 Å². The van der Waals surface area contributed by atoms with Crippen LogP contribution in [0.5, 0.6) is 0 Å². The fraction of sp³-hybridized carbons (Fsp3) is 0.143. The lowest BCUT2D eigenvalue weighted by Crippen LogP contribution is -2.03. The second-order valence-corrected chi connectivity index (χ2v) is 5.15. The van der Waals surface area contributed by atoms with E-state index in [1.54, 1.807) is 12.1 Å². The number of hydrogen-bond donors (Lipinski definition) is 0. The second kappa shape index (κ2) is 6.42. The van der Waals surface area contributed by atoms with Crippen LogP contribution in [0.2, 0.25) is 0 Å². The summed E-state index contributed by atoms with van der Waals surface area (Å²) in [7, 11) is -1.33. The smallest absolute Gasteiger partial charge is 0.127 e. The fourth-order valence-corrected chi connectivity index (χ4v) is 2.33. The van der Waals surface area contributed by atoms with Gasteiger partial charge in [-0.1, -0.05) is 36.4 Å². The van der Waals surface area contributed by atoms with Crippen LogP contribution in [-0.4, -0.2) is 10.1 Å². The highest BCUT2D eigenvalue weighted by Gasteiger charge is 2.04. The molecule has 0 aromatic heterocycles. The molecule has 0 aliphatic heterocycles. The Hall–Kier alpha value is -1.52. The molecule has 1 unspecified atom stereocenters. The molecular formula is C14H13FO2S. The third kappa shape index (κ3) is 3.75. The maximum absolute atomic E-state index is 12.9. The maximum atomic E-state index is 12.9. The largest absolute Gasteiger partial charge is 0.363 e. The SMILES string of the molecule is O=S(COCc1ccccc1)c1cccc(F)c1. The van der Waals surface area contributed by atoms with Crippen LogP contribution in [0.15, 0.2) is 59.5 Å². The lowest BCUT2D eigenvalue weighted by atomic mass is 10.2. The summed E-state index contributed by atoms with van der Waals surface area (Å²) >= 11 is 0. The number of rotatable bonds is 5. The van der Waals surface area contributed by atoms with Crippen molar-refractivity contribution < 1.29 is 13.3 Å². The molecule has 18 heavy (non-hydrogen) atoms. The van der Waals surface area contributed by atoms with E-state index in [1.165, 1.54) is 12.1 Å². The van der Waals surface area contributed by atoms with Gasteiger partial charge in [-0.3, -0.25) is 4.21 Å². The molecule has 4 heteroatoms. The Morgan fingerprint density at radius 3 is 2.56 bits per heavy atom. The first-order valence-corrected chi connectivity index (χ1v) is 6.83. The van der Waals surface area contributed by atoms with Gasteiger partial charge in [0, 0.05) is 4.90 Å². The molecule has 0 heterocycles. The summed E-state index contributed by atoms with van der Waals surface area (Å²) in [6.45, 7) is 0.405. The molecule has 0 radical (unpaired) electrons. The van der Waals surface area contributed by atoms with Gasteiger partial charge in [0.25, 0.3) is 0 Å². The zero-order chi connectivity index (χ0) is 12.8. The maximum Gasteiger partial charge on any atom is 0.127 e. The minimum Gasteiger partial charge on any atom is -0.363 e. The van der Waals surface area contributed by atoms with Crippen molar-refractivity contribution in [3.63, 3.8) is 0 Å². The third-order valence-corrected chi connectivity index (χ3v) is 3.52. The monoisotopic (exact) mass is 264 g/mol. The van der Waals surface area contributed by atoms with Crippen LogP contribution in [0.1, 0.15) is 5.56 Å². The van der Waals surface area contributed by atoms with Crippen LogP contribution in [0.4, 0.5) is 4.39 Å². The highest BCUT2D eigenvalue weighted by Crippen LogP contribution is 2.10. The van der Waals surface area contributed by atoms with Crippen molar-refractivity contribution in [3.8, 4) is 0 Å². The molecule has 0 saturated carbocycles. The summed E-state index contributed by atoms with van der Waals surface area (Å²) < 4.78 is 30.1. The first kappa shape index (κ1) is 12.9. The number of halogens is 1. The Kier molecular flexibility index (Phi) is 4.61. The standard InChI is InChI=1S/C14H13FO2S/c15-13-7-4-8-14(9-13)18(16)11-17-10-12-5-2-1-3-6-12/h1-9H,10-11H2. The van der Waals surface area contributed by atoms with Crippen molar-refractivity contribution >= 4 is 10.8 Å². The van der Waals surface area contributed by atoms with Gasteiger partial charge in [-0.2, -0.15) is 0 Å². The highest BCUT2D eigenvalue weighted by atomic mass is 32.2. The van der Waals surface area contributed by atoms with Gasteiger partial charge < -0.3 is 4.74 Å². The Bertz CT molecular complexity index is 528. The molecule has 2 nitrogen and oxygen atoms in total. The van der Waals surface area contributed by atoms with Crippen LogP contribution < -0.4 is 0 Å². The predicted molar refractivity (Wildman–Crippen MR) is 68.9 cm³/mol. The van der Waals surface area contributed by atoms with Crippen molar-refractivity contribution in [1.82, 2.24) is 0 Å². The topological polar surface area (TPSA) is 26.3 Å². The minimum absolute atomic E-state index is 0.0678. The molecule has 2 rings (SSSR count). The summed E-state index contributed by atoms with van der Waals surface area (Å²) in [5.74, 6) is -0.317. The average Bonchev–Trinajstić information content (AvgIpc) is 2.40. The molecule has 0 aliphatic rings. The molecule has 0 spiro atoms. The normalized spacial score (nSPS) is 12.3. The lowest BCUT2D eigenvalue weighted by molar-refractivity contribution is 0.166. The first-order chi connectivity index (χ1) is 8.75. The van der Waals surface area contributed by atoms with E-state index in [2.05, 4.69) is 0 Å². The quantitative estimate of drug-likeness (QED) is 0.829. The van der Waals surface area contributed by atoms with Gasteiger partial charge in [0.2, 0.25) is 0 Å². The number of hydrogen-bond acceptors (Lipinski definition) is 2. The molecule has 2 aromatic carbocycles. The van der Waals surface area contributed by atoms with Crippen molar-refractivity contribution in [3.05, 3.63) is 66.0 Å². The summed E-state index contributed by atoms with van der Waals surface area (Å²) in [4.78, 5) is 0.447. The predicted octanol–water partition coefficient (Wildman–Crippen LogP) is 3.11. The number of ether oxygens (including phenoxy) is 1. The van der Waals surface area contributed by atoms with Crippen LogP contribution in [0.3, 0.4) is 0 Å². The zero-order valence-corrected chi connectivity index (χ0v) is 10.5. The van der Waals surface area contributed by atoms with Crippen LogP contribution in [0, 0.1) is 5.82 Å². The molecule has 0 N–H and O–H groups in total. The second-order valence-electron chi connectivity index (χ2n) is 3.75. The average molecular weight is 264 g/mol. The molecule has 0 saturated heterocycles. The molecule has 0 bridgehead atoms. The molecular weight excluding hydrogens is 251 g/mol. The molecule has 1 atom stereocenters. The molecule has 0 fully saturated rings. The number of benzene rings is 2. The van der Waals surface area contributed by atoms with E-state index in [1.807, 2.05) is 30.3 Å². The van der Waals surface area contributed by atoms with Crippen molar-refractivity contribution in [2.24, 2.45) is 0 Å². The van der Waals surface area contributed by atoms with Crippen molar-refractivity contribution in [2.45, 2.75) is 11.5 Å². The molecule has 94 valence electrons. The summed E-state index contributed by atoms with van der Waals surface area (Å²) in [6, 6.07) is 15.4. The van der Waals surface area contributed by atoms with Gasteiger partial charge >= 0.3 is 0 Å². The lowest BCUT2D eigenvalue weighted by Gasteiger charge is -2.04. The zero-order valence-electron chi connectivity index (χ0n) is 9.71. The third-order valence-electron chi connectivity index (χ3n) is 2.36.